The van der Waals surface area contributed by atoms with Gasteiger partial charge in [0.2, 0.25) is 11.9 Å². The Bertz CT molecular complexity index is 1290. The molecule has 3 N–H and O–H groups in total. The molecule has 0 saturated carbocycles. The molecule has 3 heterocycles. The number of rotatable bonds is 7. The number of nitrogen functional groups attached to an aromatic ring is 1. The summed E-state index contributed by atoms with van der Waals surface area (Å²) in [7, 11) is 3.29. The van der Waals surface area contributed by atoms with E-state index >= 15 is 0 Å². The molecule has 11 heteroatoms. The Labute approximate surface area is 207 Å². The minimum absolute atomic E-state index is 0.210. The summed E-state index contributed by atoms with van der Waals surface area (Å²) in [6, 6.07) is 6.94. The van der Waals surface area contributed by atoms with Gasteiger partial charge in [0, 0.05) is 32.7 Å². The Balaban J connectivity index is 1.61. The van der Waals surface area contributed by atoms with Crippen LogP contribution in [-0.4, -0.2) is 50.4 Å². The molecule has 10 nitrogen and oxygen atoms in total. The molecule has 1 aliphatic rings. The number of imidazole rings is 1. The van der Waals surface area contributed by atoms with Gasteiger partial charge in [-0.25, -0.2) is 19.2 Å². The van der Waals surface area contributed by atoms with E-state index in [9.17, 15) is 18.8 Å². The van der Waals surface area contributed by atoms with Crippen molar-refractivity contribution >= 4 is 29.6 Å². The van der Waals surface area contributed by atoms with Crippen LogP contribution in [0.2, 0.25) is 0 Å². The van der Waals surface area contributed by atoms with E-state index in [1.807, 2.05) is 6.92 Å². The topological polar surface area (TPSA) is 126 Å². The fraction of sp³-hybridized carbons (Fsp3) is 0.320. The first kappa shape index (κ1) is 24.8. The number of anilines is 2. The average molecular weight is 494 g/mol. The minimum Gasteiger partial charge on any atom is -0.384 e. The maximum Gasteiger partial charge on any atom is 0.325 e. The third kappa shape index (κ3) is 4.77. The van der Waals surface area contributed by atoms with Gasteiger partial charge in [0.25, 0.3) is 5.91 Å². The van der Waals surface area contributed by atoms with Crippen molar-refractivity contribution in [1.82, 2.24) is 24.8 Å². The van der Waals surface area contributed by atoms with Gasteiger partial charge >= 0.3 is 6.03 Å². The molecule has 3 aromatic rings. The zero-order chi connectivity index (χ0) is 26.0. The molecule has 2 aromatic heterocycles. The first-order valence-electron chi connectivity index (χ1n) is 11.6. The number of carbonyl (C=O) groups excluding carboxylic acids is 3. The highest BCUT2D eigenvalue weighted by Crippen LogP contribution is 2.33. The lowest BCUT2D eigenvalue weighted by Gasteiger charge is -2.45. The van der Waals surface area contributed by atoms with Crippen molar-refractivity contribution in [3.8, 4) is 0 Å². The van der Waals surface area contributed by atoms with E-state index in [-0.39, 0.29) is 6.42 Å². The second kappa shape index (κ2) is 10.1. The zero-order valence-electron chi connectivity index (χ0n) is 20.3. The summed E-state index contributed by atoms with van der Waals surface area (Å²) in [5, 5.41) is 2.78. The Kier molecular flexibility index (Phi) is 7.00. The number of likely N-dealkylation sites (N-methyl/N-ethyl adjacent to an activating group) is 1. The second-order valence-electron chi connectivity index (χ2n) is 8.75. The summed E-state index contributed by atoms with van der Waals surface area (Å²) in [5.41, 5.74) is 7.07. The predicted octanol–water partition coefficient (Wildman–Crippen LogP) is 2.43. The summed E-state index contributed by atoms with van der Waals surface area (Å²) < 4.78 is 15.4. The number of hydrogen-bond acceptors (Lipinski definition) is 6. The number of imide groups is 1. The van der Waals surface area contributed by atoms with E-state index in [0.717, 1.165) is 10.5 Å². The number of aromatic nitrogens is 3. The van der Waals surface area contributed by atoms with Crippen molar-refractivity contribution in [2.75, 3.05) is 17.7 Å². The third-order valence-corrected chi connectivity index (χ3v) is 6.37. The lowest BCUT2D eigenvalue weighted by atomic mass is 9.81. The Morgan fingerprint density at radius 2 is 2.00 bits per heavy atom. The lowest BCUT2D eigenvalue weighted by molar-refractivity contribution is -0.156. The van der Waals surface area contributed by atoms with Gasteiger partial charge in [-0.2, -0.15) is 0 Å². The van der Waals surface area contributed by atoms with Crippen LogP contribution in [0.3, 0.4) is 0 Å². The van der Waals surface area contributed by atoms with Gasteiger partial charge in [-0.3, -0.25) is 19.4 Å². The van der Waals surface area contributed by atoms with Gasteiger partial charge in [0.1, 0.15) is 17.7 Å². The fourth-order valence-electron chi connectivity index (χ4n) is 4.47. The van der Waals surface area contributed by atoms with Crippen molar-refractivity contribution in [1.29, 1.82) is 0 Å². The molecule has 1 aromatic carbocycles. The van der Waals surface area contributed by atoms with Crippen LogP contribution in [-0.2, 0) is 23.1 Å². The molecule has 3 atom stereocenters. The number of pyridine rings is 1. The molecule has 4 amide bonds. The molecule has 1 saturated heterocycles. The highest BCUT2D eigenvalue weighted by molar-refractivity contribution is 6.12. The van der Waals surface area contributed by atoms with E-state index in [0.29, 0.717) is 23.8 Å². The van der Waals surface area contributed by atoms with Crippen LogP contribution >= 0.6 is 0 Å². The monoisotopic (exact) mass is 493 g/mol. The van der Waals surface area contributed by atoms with E-state index in [1.54, 1.807) is 55.3 Å². The number of urea groups is 1. The van der Waals surface area contributed by atoms with Gasteiger partial charge in [0.15, 0.2) is 0 Å². The number of β-lactam (4-membered cyclic amide) rings is 1. The fourth-order valence-corrected chi connectivity index (χ4v) is 4.47. The standard InChI is InChI=1S/C25H28FN7O3/c1-4-19(16-6-5-7-17(26)14-16)30-25(36)33-21(23(35)32(3)24-29-10-11-31(24)2)18(22(33)34)12-15-8-9-28-20(27)13-15/h5-11,13-14,18-19,21H,4,12H2,1-3H3,(H2,27,28)(H,30,36)/t18-,19+,21+/m1/s1. The molecule has 1 aliphatic heterocycles. The van der Waals surface area contributed by atoms with Crippen LogP contribution in [0, 0.1) is 11.7 Å². The van der Waals surface area contributed by atoms with Crippen molar-refractivity contribution in [3.05, 3.63) is 71.9 Å². The van der Waals surface area contributed by atoms with Gasteiger partial charge < -0.3 is 15.6 Å². The van der Waals surface area contributed by atoms with E-state index < -0.39 is 41.7 Å². The van der Waals surface area contributed by atoms with Crippen LogP contribution in [0.1, 0.15) is 30.5 Å². The number of nitrogens with zero attached hydrogens (tertiary/aromatic N) is 5. The number of halogens is 1. The Morgan fingerprint density at radius 3 is 2.64 bits per heavy atom. The summed E-state index contributed by atoms with van der Waals surface area (Å²) in [6.07, 6.45) is 5.44. The number of benzene rings is 1. The van der Waals surface area contributed by atoms with E-state index in [1.165, 1.54) is 23.2 Å². The molecule has 0 bridgehead atoms. The normalized spacial score (nSPS) is 17.9. The first-order chi connectivity index (χ1) is 17.2. The van der Waals surface area contributed by atoms with E-state index in [2.05, 4.69) is 15.3 Å². The number of aryl methyl sites for hydroxylation is 1. The molecular formula is C25H28FN7O3. The summed E-state index contributed by atoms with van der Waals surface area (Å²) >= 11 is 0. The molecular weight excluding hydrogens is 465 g/mol. The minimum atomic E-state index is -1.06. The van der Waals surface area contributed by atoms with Gasteiger partial charge in [-0.05, 0) is 48.2 Å². The third-order valence-electron chi connectivity index (χ3n) is 6.37. The summed E-state index contributed by atoms with van der Waals surface area (Å²) in [4.78, 5) is 50.5. The van der Waals surface area contributed by atoms with Crippen molar-refractivity contribution in [3.63, 3.8) is 0 Å². The van der Waals surface area contributed by atoms with Crippen LogP contribution in [0.4, 0.5) is 21.0 Å². The predicted molar refractivity (Wildman–Crippen MR) is 131 cm³/mol. The quantitative estimate of drug-likeness (QED) is 0.487. The number of nitrogens with one attached hydrogen (secondary N) is 1. The molecule has 0 spiro atoms. The van der Waals surface area contributed by atoms with Crippen LogP contribution in [0.25, 0.3) is 0 Å². The number of nitrogens with two attached hydrogens (primary N) is 1. The van der Waals surface area contributed by atoms with Crippen molar-refractivity contribution in [2.24, 2.45) is 13.0 Å². The molecule has 1 fully saturated rings. The lowest BCUT2D eigenvalue weighted by Crippen LogP contribution is -2.70. The largest absolute Gasteiger partial charge is 0.384 e. The molecule has 0 unspecified atom stereocenters. The number of amides is 4. The van der Waals surface area contributed by atoms with Crippen molar-refractivity contribution in [2.45, 2.75) is 31.8 Å². The van der Waals surface area contributed by atoms with Gasteiger partial charge in [-0.1, -0.05) is 19.1 Å². The maximum absolute atomic E-state index is 13.8. The average Bonchev–Trinajstić information content (AvgIpc) is 3.28. The SMILES string of the molecule is CC[C@H](NC(=O)N1C(=O)[C@H](Cc2ccnc(N)c2)[C@H]1C(=O)N(C)c1nccn1C)c1cccc(F)c1. The van der Waals surface area contributed by atoms with Crippen LogP contribution in [0.5, 0.6) is 0 Å². The smallest absolute Gasteiger partial charge is 0.325 e. The van der Waals surface area contributed by atoms with Gasteiger partial charge in [0.05, 0.1) is 12.0 Å². The van der Waals surface area contributed by atoms with Gasteiger partial charge in [-0.15, -0.1) is 0 Å². The number of hydrogen-bond donors (Lipinski definition) is 2. The molecule has 188 valence electrons. The van der Waals surface area contributed by atoms with Crippen LogP contribution in [0.15, 0.2) is 55.0 Å². The van der Waals surface area contributed by atoms with Crippen molar-refractivity contribution < 1.29 is 18.8 Å². The summed E-state index contributed by atoms with van der Waals surface area (Å²) in [5.74, 6) is -1.47. The Hall–Kier alpha value is -4.28. The highest BCUT2D eigenvalue weighted by Gasteiger charge is 2.55. The Morgan fingerprint density at radius 1 is 1.22 bits per heavy atom. The zero-order valence-corrected chi connectivity index (χ0v) is 20.3. The molecule has 4 rings (SSSR count). The molecule has 36 heavy (non-hydrogen) atoms. The second-order valence-corrected chi connectivity index (χ2v) is 8.75. The molecule has 0 aliphatic carbocycles. The molecule has 0 radical (unpaired) electrons. The number of carbonyl (C=O) groups is 3. The summed E-state index contributed by atoms with van der Waals surface area (Å²) in [6.45, 7) is 1.84. The number of likely N-dealkylation sites (tertiary alicyclic amines) is 1. The first-order valence-corrected chi connectivity index (χ1v) is 11.6. The highest BCUT2D eigenvalue weighted by atomic mass is 19.1. The van der Waals surface area contributed by atoms with Crippen LogP contribution < -0.4 is 16.0 Å². The maximum atomic E-state index is 13.8. The van der Waals surface area contributed by atoms with E-state index in [4.69, 9.17) is 5.73 Å².